The van der Waals surface area contributed by atoms with Crippen LogP contribution in [0.2, 0.25) is 0 Å². The van der Waals surface area contributed by atoms with Gasteiger partial charge in [-0.05, 0) is 26.0 Å². The molecule has 5 fully saturated rings. The lowest BCUT2D eigenvalue weighted by atomic mass is 9.82. The van der Waals surface area contributed by atoms with E-state index < -0.39 is 39.3 Å². The Balaban J connectivity index is 1.38. The second-order valence-corrected chi connectivity index (χ2v) is 8.20. The zero-order chi connectivity index (χ0) is 17.8. The first-order valence-electron chi connectivity index (χ1n) is 8.72. The molecule has 1 saturated carbocycles. The Labute approximate surface area is 152 Å². The minimum Gasteiger partial charge on any atom is -0.453 e. The zero-order valence-electron chi connectivity index (χ0n) is 14.3. The summed E-state index contributed by atoms with van der Waals surface area (Å²) in [6.07, 6.45) is -2.50. The van der Waals surface area contributed by atoms with Crippen LogP contribution in [0.5, 0.6) is 0 Å². The average molecular weight is 381 g/mol. The molecule has 0 aromatic heterocycles. The van der Waals surface area contributed by atoms with Crippen LogP contribution in [0.4, 0.5) is 0 Å². The topological polar surface area (TPSA) is 84.5 Å². The van der Waals surface area contributed by atoms with E-state index in [0.717, 1.165) is 0 Å². The zero-order valence-corrected chi connectivity index (χ0v) is 15.2. The number of hydrogen-bond donors (Lipinski definition) is 1. The second kappa shape index (κ2) is 6.49. The smallest absolute Gasteiger partial charge is 0.338 e. The van der Waals surface area contributed by atoms with Crippen LogP contribution in [-0.4, -0.2) is 55.1 Å². The Morgan fingerprint density at radius 1 is 1.00 bits per heavy atom. The van der Waals surface area contributed by atoms with E-state index in [-0.39, 0.29) is 24.4 Å². The van der Waals surface area contributed by atoms with Crippen LogP contribution in [0.25, 0.3) is 0 Å². The van der Waals surface area contributed by atoms with Crippen molar-refractivity contribution in [2.45, 2.75) is 63.0 Å². The fourth-order valence-corrected chi connectivity index (χ4v) is 5.24. The van der Waals surface area contributed by atoms with Crippen LogP contribution in [0, 0.1) is 0 Å². The molecule has 1 aliphatic carbocycles. The van der Waals surface area contributed by atoms with E-state index in [1.54, 1.807) is 24.3 Å². The third-order valence-electron chi connectivity index (χ3n) is 4.80. The third kappa shape index (κ3) is 2.77. The van der Waals surface area contributed by atoms with Crippen LogP contribution in [0.1, 0.15) is 24.2 Å². The lowest BCUT2D eigenvalue weighted by molar-refractivity contribution is -0.481. The molecule has 26 heavy (non-hydrogen) atoms. The first-order valence-corrected chi connectivity index (χ1v) is 9.90. The molecular formula is C17H20NO7P. The highest BCUT2D eigenvalue weighted by atomic mass is 31.2. The summed E-state index contributed by atoms with van der Waals surface area (Å²) in [6.45, 7) is 3.28. The number of rotatable bonds is 4. The van der Waals surface area contributed by atoms with Gasteiger partial charge < -0.3 is 28.0 Å². The molecule has 1 N–H and O–H groups in total. The summed E-state index contributed by atoms with van der Waals surface area (Å²) in [4.78, 5) is 12.5. The monoisotopic (exact) mass is 381 g/mol. The maximum Gasteiger partial charge on any atom is 0.338 e. The van der Waals surface area contributed by atoms with E-state index in [1.807, 2.05) is 19.9 Å². The number of carbonyl (C=O) groups excluding carboxylic acids is 1. The Kier molecular flexibility index (Phi) is 4.25. The molecule has 9 heteroatoms. The molecule has 4 unspecified atom stereocenters. The summed E-state index contributed by atoms with van der Waals surface area (Å²) in [6, 6.07) is 9.06. The molecule has 6 bridgehead atoms. The lowest BCUT2D eigenvalue weighted by Gasteiger charge is -2.60. The molecule has 1 aromatic carbocycles. The Morgan fingerprint density at radius 3 is 2.23 bits per heavy atom. The number of ether oxygens (including phenoxy) is 4. The molecule has 8 nitrogen and oxygen atoms in total. The van der Waals surface area contributed by atoms with Gasteiger partial charge in [-0.25, -0.2) is 9.88 Å². The number of hydrogen-bond acceptors (Lipinski definition) is 8. The second-order valence-electron chi connectivity index (χ2n) is 7.01. The van der Waals surface area contributed by atoms with Crippen molar-refractivity contribution in [1.29, 1.82) is 0 Å². The molecule has 4 heterocycles. The van der Waals surface area contributed by atoms with Crippen molar-refractivity contribution in [3.63, 3.8) is 0 Å². The number of benzene rings is 1. The van der Waals surface area contributed by atoms with Crippen molar-refractivity contribution in [1.82, 2.24) is 5.09 Å². The minimum atomic E-state index is -1.29. The van der Waals surface area contributed by atoms with Crippen LogP contribution in [0.3, 0.4) is 0 Å². The lowest BCUT2D eigenvalue weighted by Crippen LogP contribution is -2.77. The number of esters is 1. The normalized spacial score (nSPS) is 42.9. The first-order chi connectivity index (χ1) is 12.6. The highest BCUT2D eigenvalue weighted by Crippen LogP contribution is 2.55. The van der Waals surface area contributed by atoms with Gasteiger partial charge in [0.2, 0.25) is 0 Å². The highest BCUT2D eigenvalue weighted by molar-refractivity contribution is 7.45. The fourth-order valence-electron chi connectivity index (χ4n) is 3.72. The van der Waals surface area contributed by atoms with Crippen molar-refractivity contribution >= 4 is 14.5 Å². The summed E-state index contributed by atoms with van der Waals surface area (Å²) < 4.78 is 35.2. The van der Waals surface area contributed by atoms with Gasteiger partial charge in [0, 0.05) is 6.04 Å². The van der Waals surface area contributed by atoms with E-state index in [1.165, 1.54) is 0 Å². The molecule has 6 rings (SSSR count). The van der Waals surface area contributed by atoms with Gasteiger partial charge in [0.05, 0.1) is 5.56 Å². The van der Waals surface area contributed by atoms with E-state index in [2.05, 4.69) is 5.09 Å². The average Bonchev–Trinajstić information content (AvgIpc) is 2.63. The van der Waals surface area contributed by atoms with E-state index in [9.17, 15) is 4.79 Å². The molecule has 4 aliphatic heterocycles. The summed E-state index contributed by atoms with van der Waals surface area (Å²) >= 11 is 0. The van der Waals surface area contributed by atoms with Crippen molar-refractivity contribution in [3.8, 4) is 0 Å². The Morgan fingerprint density at radius 2 is 1.62 bits per heavy atom. The number of nitrogens with one attached hydrogen (secondary N) is 1. The maximum atomic E-state index is 12.5. The quantitative estimate of drug-likeness (QED) is 0.623. The molecule has 0 radical (unpaired) electrons. The summed E-state index contributed by atoms with van der Waals surface area (Å²) in [5.74, 6) is -0.420. The minimum absolute atomic E-state index is 0.211. The molecule has 5 aliphatic rings. The Hall–Kier alpha value is -1.12. The maximum absolute atomic E-state index is 12.5. The first kappa shape index (κ1) is 17.0. The van der Waals surface area contributed by atoms with E-state index in [4.69, 9.17) is 28.0 Å². The van der Waals surface area contributed by atoms with Crippen LogP contribution in [-0.2, 0) is 28.0 Å². The van der Waals surface area contributed by atoms with Crippen molar-refractivity contribution in [2.75, 3.05) is 0 Å². The summed E-state index contributed by atoms with van der Waals surface area (Å²) in [5, 5.41) is 3.26. The molecule has 0 amide bonds. The van der Waals surface area contributed by atoms with Crippen LogP contribution < -0.4 is 5.09 Å². The van der Waals surface area contributed by atoms with Gasteiger partial charge in [-0.1, -0.05) is 18.2 Å². The van der Waals surface area contributed by atoms with E-state index >= 15 is 0 Å². The molecule has 4 saturated heterocycles. The SMILES string of the molecule is CC(C)NP1O[C@@H]2C3OC4O[C@@H]2C(OC(=O)c2ccccc2)[C@H](O4)[C@H]3O1. The van der Waals surface area contributed by atoms with E-state index in [0.29, 0.717) is 5.56 Å². The van der Waals surface area contributed by atoms with Gasteiger partial charge in [-0.2, -0.15) is 0 Å². The molecule has 140 valence electrons. The summed E-state index contributed by atoms with van der Waals surface area (Å²) in [5.41, 5.74) is 0.480. The van der Waals surface area contributed by atoms with Gasteiger partial charge in [-0.15, -0.1) is 0 Å². The van der Waals surface area contributed by atoms with Gasteiger partial charge in [0.25, 0.3) is 15.0 Å². The van der Waals surface area contributed by atoms with Crippen molar-refractivity contribution in [2.24, 2.45) is 0 Å². The van der Waals surface area contributed by atoms with Gasteiger partial charge in [0.15, 0.2) is 6.10 Å². The predicted octanol–water partition coefficient (Wildman–Crippen LogP) is 1.70. The van der Waals surface area contributed by atoms with Crippen LogP contribution in [0.15, 0.2) is 30.3 Å². The van der Waals surface area contributed by atoms with Crippen molar-refractivity contribution < 1.29 is 32.8 Å². The van der Waals surface area contributed by atoms with Gasteiger partial charge >= 0.3 is 5.97 Å². The van der Waals surface area contributed by atoms with Crippen LogP contribution >= 0.6 is 8.53 Å². The highest BCUT2D eigenvalue weighted by Gasteiger charge is 2.67. The standard InChI is InChI=1S/C17H20NO7P/c1-8(2)18-26-24-14-11-10(20-16(19)9-6-4-3-5-7-9)12-15(25-26)13(14)23-17(21-11)22-12/h3-8,10-15,17-18H,1-2H3/t10?,11-,12+,13?,14+,15-,17?,26?. The van der Waals surface area contributed by atoms with Gasteiger partial charge in [0.1, 0.15) is 30.5 Å². The van der Waals surface area contributed by atoms with Crippen molar-refractivity contribution in [3.05, 3.63) is 35.9 Å². The Bertz CT molecular complexity index is 665. The molecular weight excluding hydrogens is 361 g/mol. The molecule has 1 aromatic rings. The summed E-state index contributed by atoms with van der Waals surface area (Å²) in [7, 11) is -1.29. The van der Waals surface area contributed by atoms with Gasteiger partial charge in [-0.3, -0.25) is 0 Å². The largest absolute Gasteiger partial charge is 0.453 e. The molecule has 8 atom stereocenters. The predicted molar refractivity (Wildman–Crippen MR) is 89.0 cm³/mol. The number of carbonyl (C=O) groups is 1. The fraction of sp³-hybridized carbons (Fsp3) is 0.588. The third-order valence-corrected chi connectivity index (χ3v) is 6.40. The molecule has 0 spiro atoms.